The summed E-state index contributed by atoms with van der Waals surface area (Å²) in [7, 11) is 0. The summed E-state index contributed by atoms with van der Waals surface area (Å²) in [5.41, 5.74) is 1.25. The van der Waals surface area contributed by atoms with Crippen LogP contribution in [0.5, 0.6) is 0 Å². The molecule has 2 nitrogen and oxygen atoms in total. The molecule has 1 aromatic carbocycles. The predicted octanol–water partition coefficient (Wildman–Crippen LogP) is 2.40. The SMILES string of the molecule is OCC1CCCN(C/C=C/c2ccccc2)C1. The zero-order chi connectivity index (χ0) is 11.9. The fraction of sp³-hybridized carbons (Fsp3) is 0.467. The Morgan fingerprint density at radius 2 is 2.12 bits per heavy atom. The van der Waals surface area contributed by atoms with E-state index in [2.05, 4.69) is 41.3 Å². The van der Waals surface area contributed by atoms with Gasteiger partial charge in [0.25, 0.3) is 0 Å². The fourth-order valence-corrected chi connectivity index (χ4v) is 2.37. The minimum Gasteiger partial charge on any atom is -0.396 e. The first kappa shape index (κ1) is 12.3. The molecule has 1 fully saturated rings. The van der Waals surface area contributed by atoms with Crippen LogP contribution in [-0.4, -0.2) is 36.2 Å². The van der Waals surface area contributed by atoms with Crippen LogP contribution in [0.3, 0.4) is 0 Å². The van der Waals surface area contributed by atoms with Crippen molar-refractivity contribution in [1.82, 2.24) is 4.90 Å². The Hall–Kier alpha value is -1.12. The highest BCUT2D eigenvalue weighted by Crippen LogP contribution is 2.15. The van der Waals surface area contributed by atoms with E-state index in [4.69, 9.17) is 5.11 Å². The molecule has 0 aliphatic carbocycles. The van der Waals surface area contributed by atoms with Crippen LogP contribution in [0.2, 0.25) is 0 Å². The van der Waals surface area contributed by atoms with Crippen LogP contribution in [0.1, 0.15) is 18.4 Å². The lowest BCUT2D eigenvalue weighted by Crippen LogP contribution is -2.36. The quantitative estimate of drug-likeness (QED) is 0.860. The van der Waals surface area contributed by atoms with Crippen LogP contribution in [0.4, 0.5) is 0 Å². The number of benzene rings is 1. The standard InChI is InChI=1S/C15H21NO/c17-13-15-9-5-11-16(12-15)10-4-8-14-6-2-1-3-7-14/h1-4,6-8,15,17H,5,9-13H2/b8-4+. The highest BCUT2D eigenvalue weighted by Gasteiger charge is 2.17. The van der Waals surface area contributed by atoms with Gasteiger partial charge < -0.3 is 5.11 Å². The molecule has 0 amide bonds. The van der Waals surface area contributed by atoms with Crippen LogP contribution in [0, 0.1) is 5.92 Å². The minimum atomic E-state index is 0.332. The molecule has 17 heavy (non-hydrogen) atoms. The van der Waals surface area contributed by atoms with Gasteiger partial charge in [-0.3, -0.25) is 4.90 Å². The van der Waals surface area contributed by atoms with Gasteiger partial charge in [0.05, 0.1) is 0 Å². The molecular weight excluding hydrogens is 210 g/mol. The molecule has 0 aromatic heterocycles. The topological polar surface area (TPSA) is 23.5 Å². The van der Waals surface area contributed by atoms with E-state index in [1.54, 1.807) is 0 Å². The number of likely N-dealkylation sites (tertiary alicyclic amines) is 1. The molecule has 0 bridgehead atoms. The highest BCUT2D eigenvalue weighted by molar-refractivity contribution is 5.48. The van der Waals surface area contributed by atoms with E-state index in [1.807, 2.05) is 6.07 Å². The van der Waals surface area contributed by atoms with Gasteiger partial charge in [0.1, 0.15) is 0 Å². The zero-order valence-electron chi connectivity index (χ0n) is 10.3. The van der Waals surface area contributed by atoms with Crippen molar-refractivity contribution in [3.05, 3.63) is 42.0 Å². The molecule has 1 aromatic rings. The van der Waals surface area contributed by atoms with Gasteiger partial charge in [-0.2, -0.15) is 0 Å². The smallest absolute Gasteiger partial charge is 0.0471 e. The first-order valence-corrected chi connectivity index (χ1v) is 6.43. The lowest BCUT2D eigenvalue weighted by atomic mass is 9.99. The van der Waals surface area contributed by atoms with Crippen molar-refractivity contribution in [1.29, 1.82) is 0 Å². The summed E-state index contributed by atoms with van der Waals surface area (Å²) in [4.78, 5) is 2.42. The highest BCUT2D eigenvalue weighted by atomic mass is 16.3. The molecule has 1 aliphatic rings. The Morgan fingerprint density at radius 1 is 1.29 bits per heavy atom. The molecular formula is C15H21NO. The van der Waals surface area contributed by atoms with Gasteiger partial charge in [-0.05, 0) is 30.9 Å². The average Bonchev–Trinajstić information content (AvgIpc) is 2.40. The average molecular weight is 231 g/mol. The van der Waals surface area contributed by atoms with E-state index in [0.29, 0.717) is 12.5 Å². The van der Waals surface area contributed by atoms with Crippen molar-refractivity contribution >= 4 is 6.08 Å². The van der Waals surface area contributed by atoms with E-state index in [-0.39, 0.29) is 0 Å². The van der Waals surface area contributed by atoms with Gasteiger partial charge in [0, 0.05) is 19.7 Å². The summed E-state index contributed by atoms with van der Waals surface area (Å²) in [5.74, 6) is 0.480. The second kappa shape index (κ2) is 6.58. The van der Waals surface area contributed by atoms with Crippen molar-refractivity contribution in [2.24, 2.45) is 5.92 Å². The third-order valence-electron chi connectivity index (χ3n) is 3.33. The first-order valence-electron chi connectivity index (χ1n) is 6.43. The molecule has 2 heteroatoms. The number of hydrogen-bond donors (Lipinski definition) is 1. The van der Waals surface area contributed by atoms with Crippen molar-refractivity contribution in [2.75, 3.05) is 26.2 Å². The molecule has 2 rings (SSSR count). The van der Waals surface area contributed by atoms with Crippen LogP contribution in [-0.2, 0) is 0 Å². The third kappa shape index (κ3) is 3.99. The monoisotopic (exact) mass is 231 g/mol. The molecule has 1 aliphatic heterocycles. The summed E-state index contributed by atoms with van der Waals surface area (Å²) >= 11 is 0. The number of aliphatic hydroxyl groups excluding tert-OH is 1. The zero-order valence-corrected chi connectivity index (χ0v) is 10.3. The van der Waals surface area contributed by atoms with Gasteiger partial charge in [0.2, 0.25) is 0 Å². The molecule has 0 saturated carbocycles. The molecule has 1 atom stereocenters. The van der Waals surface area contributed by atoms with Crippen LogP contribution >= 0.6 is 0 Å². The molecule has 1 heterocycles. The van der Waals surface area contributed by atoms with Gasteiger partial charge in [-0.1, -0.05) is 42.5 Å². The Morgan fingerprint density at radius 3 is 2.88 bits per heavy atom. The maximum Gasteiger partial charge on any atom is 0.0471 e. The van der Waals surface area contributed by atoms with Crippen molar-refractivity contribution in [3.63, 3.8) is 0 Å². The second-order valence-corrected chi connectivity index (χ2v) is 4.76. The molecule has 0 radical (unpaired) electrons. The number of piperidine rings is 1. The predicted molar refractivity (Wildman–Crippen MR) is 71.7 cm³/mol. The number of hydrogen-bond acceptors (Lipinski definition) is 2. The maximum absolute atomic E-state index is 9.17. The van der Waals surface area contributed by atoms with E-state index in [0.717, 1.165) is 19.6 Å². The Labute approximate surface area is 104 Å². The van der Waals surface area contributed by atoms with Crippen molar-refractivity contribution in [2.45, 2.75) is 12.8 Å². The normalized spacial score (nSPS) is 22.1. The van der Waals surface area contributed by atoms with Crippen LogP contribution < -0.4 is 0 Å². The molecule has 0 spiro atoms. The van der Waals surface area contributed by atoms with Gasteiger partial charge in [-0.15, -0.1) is 0 Å². The summed E-state index contributed by atoms with van der Waals surface area (Å²) in [6.45, 7) is 3.52. The Balaban J connectivity index is 1.80. The lowest BCUT2D eigenvalue weighted by Gasteiger charge is -2.30. The third-order valence-corrected chi connectivity index (χ3v) is 3.33. The van der Waals surface area contributed by atoms with Crippen LogP contribution in [0.25, 0.3) is 6.08 Å². The minimum absolute atomic E-state index is 0.332. The Kier molecular flexibility index (Phi) is 4.77. The van der Waals surface area contributed by atoms with Gasteiger partial charge >= 0.3 is 0 Å². The summed E-state index contributed by atoms with van der Waals surface area (Å²) < 4.78 is 0. The van der Waals surface area contributed by atoms with E-state index < -0.39 is 0 Å². The van der Waals surface area contributed by atoms with Crippen molar-refractivity contribution in [3.8, 4) is 0 Å². The van der Waals surface area contributed by atoms with E-state index in [1.165, 1.54) is 18.4 Å². The molecule has 1 N–H and O–H groups in total. The molecule has 92 valence electrons. The number of nitrogens with zero attached hydrogens (tertiary/aromatic N) is 1. The fourth-order valence-electron chi connectivity index (χ4n) is 2.37. The number of rotatable bonds is 4. The van der Waals surface area contributed by atoms with Crippen molar-refractivity contribution < 1.29 is 5.11 Å². The van der Waals surface area contributed by atoms with E-state index >= 15 is 0 Å². The first-order chi connectivity index (χ1) is 8.38. The van der Waals surface area contributed by atoms with E-state index in [9.17, 15) is 0 Å². The largest absolute Gasteiger partial charge is 0.396 e. The summed E-state index contributed by atoms with van der Waals surface area (Å²) in [6.07, 6.45) is 6.78. The molecule has 1 saturated heterocycles. The second-order valence-electron chi connectivity index (χ2n) is 4.76. The lowest BCUT2D eigenvalue weighted by molar-refractivity contribution is 0.129. The Bertz CT molecular complexity index is 347. The number of aliphatic hydroxyl groups is 1. The maximum atomic E-state index is 9.17. The van der Waals surface area contributed by atoms with Crippen LogP contribution in [0.15, 0.2) is 36.4 Å². The van der Waals surface area contributed by atoms with Gasteiger partial charge in [0.15, 0.2) is 0 Å². The molecule has 1 unspecified atom stereocenters. The van der Waals surface area contributed by atoms with Gasteiger partial charge in [-0.25, -0.2) is 0 Å². The summed E-state index contributed by atoms with van der Waals surface area (Å²) in [6, 6.07) is 10.4. The summed E-state index contributed by atoms with van der Waals surface area (Å²) in [5, 5.41) is 9.17.